The Morgan fingerprint density at radius 1 is 0.971 bits per heavy atom. The molecule has 0 unspecified atom stereocenters. The molecule has 0 aliphatic carbocycles. The van der Waals surface area contributed by atoms with Crippen LogP contribution >= 0.6 is 0 Å². The highest BCUT2D eigenvalue weighted by molar-refractivity contribution is 6.03. The highest BCUT2D eigenvalue weighted by Gasteiger charge is 2.18. The van der Waals surface area contributed by atoms with Crippen LogP contribution in [0.5, 0.6) is 0 Å². The third-order valence-electron chi connectivity index (χ3n) is 5.08. The van der Waals surface area contributed by atoms with Crippen LogP contribution in [0, 0.1) is 19.7 Å². The molecule has 10 nitrogen and oxygen atoms in total. The van der Waals surface area contributed by atoms with Crippen LogP contribution in [0.1, 0.15) is 32.6 Å². The number of pyridine rings is 1. The van der Waals surface area contributed by atoms with Crippen molar-refractivity contribution in [3.63, 3.8) is 0 Å². The average Bonchev–Trinajstić information content (AvgIpc) is 3.42. The number of carbonyl (C=O) groups is 2. The lowest BCUT2D eigenvalue weighted by Gasteiger charge is -2.06. The Labute approximate surface area is 197 Å². The second-order valence-corrected chi connectivity index (χ2v) is 7.64. The zero-order chi connectivity index (χ0) is 24.5. The molecule has 35 heavy (non-hydrogen) atoms. The van der Waals surface area contributed by atoms with Gasteiger partial charge in [-0.1, -0.05) is 6.07 Å². The fraction of sp³-hybridized carbons (Fsp3) is 0.0833. The maximum atomic E-state index is 14.7. The van der Waals surface area contributed by atoms with Crippen molar-refractivity contribution in [2.24, 2.45) is 0 Å². The van der Waals surface area contributed by atoms with E-state index in [0.717, 1.165) is 0 Å². The summed E-state index contributed by atoms with van der Waals surface area (Å²) in [5, 5.41) is 5.40. The third-order valence-corrected chi connectivity index (χ3v) is 5.08. The average molecular weight is 471 g/mol. The van der Waals surface area contributed by atoms with Gasteiger partial charge in [-0.2, -0.15) is 0 Å². The van der Waals surface area contributed by atoms with Crippen LogP contribution in [0.15, 0.2) is 65.6 Å². The van der Waals surface area contributed by atoms with Gasteiger partial charge in [-0.3, -0.25) is 19.0 Å². The van der Waals surface area contributed by atoms with Crippen LogP contribution in [-0.4, -0.2) is 36.2 Å². The van der Waals surface area contributed by atoms with E-state index in [1.807, 2.05) is 0 Å². The van der Waals surface area contributed by atoms with Gasteiger partial charge in [0.15, 0.2) is 5.89 Å². The predicted molar refractivity (Wildman–Crippen MR) is 125 cm³/mol. The number of anilines is 2. The van der Waals surface area contributed by atoms with Crippen molar-refractivity contribution in [3.8, 4) is 11.3 Å². The van der Waals surface area contributed by atoms with Crippen molar-refractivity contribution in [1.82, 2.24) is 24.3 Å². The van der Waals surface area contributed by atoms with Crippen LogP contribution in [0.3, 0.4) is 0 Å². The maximum absolute atomic E-state index is 14.7. The van der Waals surface area contributed by atoms with Gasteiger partial charge in [0, 0.05) is 36.8 Å². The summed E-state index contributed by atoms with van der Waals surface area (Å²) in [5.41, 5.74) is 1.95. The Morgan fingerprint density at radius 3 is 2.54 bits per heavy atom. The molecule has 0 fully saturated rings. The first kappa shape index (κ1) is 21.9. The number of hydrogen-bond acceptors (Lipinski definition) is 7. The molecule has 4 heterocycles. The van der Waals surface area contributed by atoms with E-state index in [1.54, 1.807) is 48.8 Å². The van der Waals surface area contributed by atoms with Crippen LogP contribution in [0.4, 0.5) is 15.8 Å². The summed E-state index contributed by atoms with van der Waals surface area (Å²) in [6.45, 7) is 3.31. The van der Waals surface area contributed by atoms with Crippen LogP contribution in [-0.2, 0) is 0 Å². The standard InChI is InChI=1S/C24H18FN7O3/c1-13-21(35-14(2)28-13)23(34)29-15-6-7-18(25)17(9-15)20-12-32-11-16(10-27-24(32)31-20)30-22(33)19-5-3-4-8-26-19/h3-12H,1-2H3,(H,29,34)(H,30,33). The summed E-state index contributed by atoms with van der Waals surface area (Å²) in [6, 6.07) is 9.17. The van der Waals surface area contributed by atoms with Crippen molar-refractivity contribution >= 4 is 29.0 Å². The van der Waals surface area contributed by atoms with E-state index in [9.17, 15) is 14.0 Å². The number of oxazole rings is 1. The molecule has 0 spiro atoms. The van der Waals surface area contributed by atoms with Gasteiger partial charge in [-0.25, -0.2) is 19.3 Å². The molecule has 0 saturated heterocycles. The molecule has 5 aromatic rings. The second kappa shape index (κ2) is 8.78. The third kappa shape index (κ3) is 4.47. The highest BCUT2D eigenvalue weighted by Crippen LogP contribution is 2.26. The molecule has 1 aromatic carbocycles. The van der Waals surface area contributed by atoms with E-state index in [2.05, 4.69) is 30.6 Å². The molecule has 0 bridgehead atoms. The molecular weight excluding hydrogens is 453 g/mol. The minimum atomic E-state index is -0.526. The molecule has 2 N–H and O–H groups in total. The second-order valence-electron chi connectivity index (χ2n) is 7.64. The number of halogens is 1. The topological polar surface area (TPSA) is 127 Å². The number of carbonyl (C=O) groups excluding carboxylic acids is 2. The lowest BCUT2D eigenvalue weighted by atomic mass is 10.1. The fourth-order valence-electron chi connectivity index (χ4n) is 3.50. The van der Waals surface area contributed by atoms with Crippen molar-refractivity contribution in [2.75, 3.05) is 10.6 Å². The van der Waals surface area contributed by atoms with Gasteiger partial charge in [-0.15, -0.1) is 0 Å². The molecule has 0 radical (unpaired) electrons. The number of hydrogen-bond donors (Lipinski definition) is 2. The molecule has 0 atom stereocenters. The minimum Gasteiger partial charge on any atom is -0.436 e. The lowest BCUT2D eigenvalue weighted by molar-refractivity contribution is 0.0992. The number of rotatable bonds is 5. The number of fused-ring (bicyclic) bond motifs is 1. The quantitative estimate of drug-likeness (QED) is 0.396. The molecule has 2 amide bonds. The van der Waals surface area contributed by atoms with E-state index >= 15 is 0 Å². The molecule has 0 aliphatic heterocycles. The monoisotopic (exact) mass is 471 g/mol. The van der Waals surface area contributed by atoms with Gasteiger partial charge < -0.3 is 15.1 Å². The number of amides is 2. The van der Waals surface area contributed by atoms with E-state index in [1.165, 1.54) is 30.6 Å². The summed E-state index contributed by atoms with van der Waals surface area (Å²) in [6.07, 6.45) is 6.16. The highest BCUT2D eigenvalue weighted by atomic mass is 19.1. The van der Waals surface area contributed by atoms with Gasteiger partial charge in [0.2, 0.25) is 11.5 Å². The molecular formula is C24H18FN7O3. The zero-order valence-electron chi connectivity index (χ0n) is 18.6. The lowest BCUT2D eigenvalue weighted by Crippen LogP contribution is -2.13. The zero-order valence-corrected chi connectivity index (χ0v) is 18.6. The van der Waals surface area contributed by atoms with Crippen LogP contribution < -0.4 is 10.6 Å². The van der Waals surface area contributed by atoms with Gasteiger partial charge in [0.25, 0.3) is 11.8 Å². The van der Waals surface area contributed by atoms with E-state index < -0.39 is 17.6 Å². The van der Waals surface area contributed by atoms with Gasteiger partial charge in [0.1, 0.15) is 11.5 Å². The summed E-state index contributed by atoms with van der Waals surface area (Å²) < 4.78 is 21.6. The smallest absolute Gasteiger partial charge is 0.293 e. The first-order chi connectivity index (χ1) is 16.9. The first-order valence-electron chi connectivity index (χ1n) is 10.5. The van der Waals surface area contributed by atoms with E-state index in [-0.39, 0.29) is 17.0 Å². The summed E-state index contributed by atoms with van der Waals surface area (Å²) in [4.78, 5) is 41.6. The fourth-order valence-corrected chi connectivity index (χ4v) is 3.50. The molecule has 4 aromatic heterocycles. The van der Waals surface area contributed by atoms with E-state index in [0.29, 0.717) is 34.4 Å². The van der Waals surface area contributed by atoms with Gasteiger partial charge in [-0.05, 0) is 37.3 Å². The van der Waals surface area contributed by atoms with Gasteiger partial charge in [0.05, 0.1) is 23.3 Å². The number of nitrogens with one attached hydrogen (secondary N) is 2. The Hall–Kier alpha value is -4.93. The SMILES string of the molecule is Cc1nc(C)c(C(=O)Nc2ccc(F)c(-c3cn4cc(NC(=O)c5ccccn5)cnc4n3)c2)o1. The maximum Gasteiger partial charge on any atom is 0.293 e. The number of aryl methyl sites for hydroxylation is 2. The molecule has 5 rings (SSSR count). The first-order valence-corrected chi connectivity index (χ1v) is 10.5. The Morgan fingerprint density at radius 2 is 1.80 bits per heavy atom. The van der Waals surface area contributed by atoms with Gasteiger partial charge >= 0.3 is 0 Å². The Kier molecular flexibility index (Phi) is 5.49. The number of nitrogens with zero attached hydrogens (tertiary/aromatic N) is 5. The molecule has 11 heteroatoms. The normalized spacial score (nSPS) is 10.9. The molecule has 174 valence electrons. The number of aromatic nitrogens is 5. The Balaban J connectivity index is 1.40. The summed E-state index contributed by atoms with van der Waals surface area (Å²) in [7, 11) is 0. The van der Waals surface area contributed by atoms with Crippen molar-refractivity contribution in [3.05, 3.63) is 90.0 Å². The largest absolute Gasteiger partial charge is 0.436 e. The molecule has 0 saturated carbocycles. The predicted octanol–water partition coefficient (Wildman–Crippen LogP) is 4.04. The number of imidazole rings is 1. The molecule has 0 aliphatic rings. The van der Waals surface area contributed by atoms with Crippen LogP contribution in [0.25, 0.3) is 17.0 Å². The summed E-state index contributed by atoms with van der Waals surface area (Å²) >= 11 is 0. The minimum absolute atomic E-state index is 0.0885. The van der Waals surface area contributed by atoms with Crippen molar-refractivity contribution < 1.29 is 18.4 Å². The number of benzene rings is 1. The van der Waals surface area contributed by atoms with Crippen molar-refractivity contribution in [2.45, 2.75) is 13.8 Å². The van der Waals surface area contributed by atoms with Crippen LogP contribution in [0.2, 0.25) is 0 Å². The summed E-state index contributed by atoms with van der Waals surface area (Å²) in [5.74, 6) is -0.644. The Bertz CT molecular complexity index is 1580. The van der Waals surface area contributed by atoms with Crippen molar-refractivity contribution in [1.29, 1.82) is 0 Å². The van der Waals surface area contributed by atoms with E-state index in [4.69, 9.17) is 4.42 Å².